The van der Waals surface area contributed by atoms with Crippen molar-refractivity contribution in [3.05, 3.63) is 24.0 Å². The monoisotopic (exact) mass is 374 g/mol. The Balaban J connectivity index is 2.06. The van der Waals surface area contributed by atoms with Crippen LogP contribution in [-0.4, -0.2) is 62.6 Å². The van der Waals surface area contributed by atoms with E-state index in [1.807, 2.05) is 0 Å². The molecule has 140 valence electrons. The summed E-state index contributed by atoms with van der Waals surface area (Å²) in [5.74, 6) is -0.760. The van der Waals surface area contributed by atoms with Gasteiger partial charge < -0.3 is 14.4 Å². The summed E-state index contributed by atoms with van der Waals surface area (Å²) in [5.41, 5.74) is -0.610. The van der Waals surface area contributed by atoms with Gasteiger partial charge in [0.15, 0.2) is 11.6 Å². The maximum atomic E-state index is 13.8. The van der Waals surface area contributed by atoms with Gasteiger partial charge in [-0.05, 0) is 39.0 Å². The van der Waals surface area contributed by atoms with E-state index in [1.54, 1.807) is 20.8 Å². The highest BCUT2D eigenvalue weighted by Crippen LogP contribution is 2.24. The summed E-state index contributed by atoms with van der Waals surface area (Å²) in [4.78, 5) is 13.3. The van der Waals surface area contributed by atoms with Crippen molar-refractivity contribution in [2.75, 3.05) is 33.3 Å². The molecular weight excluding hydrogens is 351 g/mol. The molecule has 1 aliphatic rings. The van der Waals surface area contributed by atoms with Crippen LogP contribution in [0.1, 0.15) is 20.8 Å². The second-order valence-electron chi connectivity index (χ2n) is 6.67. The van der Waals surface area contributed by atoms with Gasteiger partial charge in [-0.15, -0.1) is 0 Å². The zero-order chi connectivity index (χ0) is 18.8. The van der Waals surface area contributed by atoms with Gasteiger partial charge in [0, 0.05) is 26.2 Å². The molecule has 0 unspecified atom stereocenters. The van der Waals surface area contributed by atoms with E-state index in [1.165, 1.54) is 28.4 Å². The topological polar surface area (TPSA) is 76.2 Å². The molecule has 9 heteroatoms. The number of piperazine rings is 1. The van der Waals surface area contributed by atoms with E-state index >= 15 is 0 Å². The molecule has 2 rings (SSSR count). The molecule has 25 heavy (non-hydrogen) atoms. The van der Waals surface area contributed by atoms with Crippen LogP contribution in [0.25, 0.3) is 0 Å². The van der Waals surface area contributed by atoms with Crippen LogP contribution in [-0.2, 0) is 14.8 Å². The van der Waals surface area contributed by atoms with Crippen molar-refractivity contribution in [3.63, 3.8) is 0 Å². The number of hydrogen-bond acceptors (Lipinski definition) is 5. The fraction of sp³-hybridized carbons (Fsp3) is 0.562. The van der Waals surface area contributed by atoms with Crippen LogP contribution >= 0.6 is 0 Å². The Morgan fingerprint density at radius 1 is 1.16 bits per heavy atom. The first-order chi connectivity index (χ1) is 11.5. The number of carbonyl (C=O) groups is 1. The lowest BCUT2D eigenvalue weighted by molar-refractivity contribution is 0.0192. The van der Waals surface area contributed by atoms with Crippen molar-refractivity contribution in [3.8, 4) is 5.75 Å². The van der Waals surface area contributed by atoms with Crippen LogP contribution < -0.4 is 4.74 Å². The average Bonchev–Trinajstić information content (AvgIpc) is 2.53. The summed E-state index contributed by atoms with van der Waals surface area (Å²) < 4.78 is 50.4. The Morgan fingerprint density at radius 2 is 1.76 bits per heavy atom. The lowest BCUT2D eigenvalue weighted by Crippen LogP contribution is -2.51. The number of nitrogens with zero attached hydrogens (tertiary/aromatic N) is 2. The van der Waals surface area contributed by atoms with E-state index < -0.39 is 27.5 Å². The van der Waals surface area contributed by atoms with Crippen LogP contribution in [0.5, 0.6) is 5.75 Å². The van der Waals surface area contributed by atoms with Gasteiger partial charge >= 0.3 is 6.09 Å². The summed E-state index contributed by atoms with van der Waals surface area (Å²) in [7, 11) is -2.53. The molecule has 0 radical (unpaired) electrons. The van der Waals surface area contributed by atoms with Gasteiger partial charge in [0.2, 0.25) is 10.0 Å². The first-order valence-electron chi connectivity index (χ1n) is 7.86. The summed E-state index contributed by atoms with van der Waals surface area (Å²) >= 11 is 0. The molecule has 1 aromatic rings. The quantitative estimate of drug-likeness (QED) is 0.810. The number of methoxy groups -OCH3 is 1. The number of halogens is 1. The minimum Gasteiger partial charge on any atom is -0.494 e. The predicted molar refractivity (Wildman–Crippen MR) is 89.5 cm³/mol. The zero-order valence-corrected chi connectivity index (χ0v) is 15.6. The number of sulfonamides is 1. The number of benzene rings is 1. The molecule has 7 nitrogen and oxygen atoms in total. The fourth-order valence-electron chi connectivity index (χ4n) is 2.39. The maximum absolute atomic E-state index is 13.8. The van der Waals surface area contributed by atoms with Gasteiger partial charge in [-0.1, -0.05) is 0 Å². The van der Waals surface area contributed by atoms with Crippen molar-refractivity contribution in [1.29, 1.82) is 0 Å². The molecule has 1 aromatic carbocycles. The second-order valence-corrected chi connectivity index (χ2v) is 8.61. The van der Waals surface area contributed by atoms with Crippen molar-refractivity contribution >= 4 is 16.1 Å². The normalized spacial score (nSPS) is 16.6. The van der Waals surface area contributed by atoms with Crippen LogP contribution in [0, 0.1) is 5.82 Å². The first kappa shape index (κ1) is 19.5. The van der Waals surface area contributed by atoms with Crippen molar-refractivity contribution < 1.29 is 27.1 Å². The van der Waals surface area contributed by atoms with Gasteiger partial charge in [0.25, 0.3) is 0 Å². The molecular formula is C16H23FN2O5S. The van der Waals surface area contributed by atoms with E-state index in [9.17, 15) is 17.6 Å². The van der Waals surface area contributed by atoms with E-state index in [0.717, 1.165) is 6.07 Å². The third kappa shape index (κ3) is 4.60. The van der Waals surface area contributed by atoms with E-state index in [2.05, 4.69) is 0 Å². The number of rotatable bonds is 3. The Labute approximate surface area is 147 Å². The largest absolute Gasteiger partial charge is 0.494 e. The molecule has 1 saturated heterocycles. The molecule has 0 spiro atoms. The number of hydrogen-bond donors (Lipinski definition) is 0. The average molecular weight is 374 g/mol. The molecule has 1 fully saturated rings. The molecule has 0 aliphatic carbocycles. The van der Waals surface area contributed by atoms with Crippen molar-refractivity contribution in [1.82, 2.24) is 9.21 Å². The lowest BCUT2D eigenvalue weighted by Gasteiger charge is -2.35. The van der Waals surface area contributed by atoms with Gasteiger partial charge in [-0.3, -0.25) is 0 Å². The van der Waals surface area contributed by atoms with Crippen LogP contribution in [0.3, 0.4) is 0 Å². The molecule has 1 aliphatic heterocycles. The molecule has 0 saturated carbocycles. The van der Waals surface area contributed by atoms with Gasteiger partial charge in [0.1, 0.15) is 5.60 Å². The highest BCUT2D eigenvalue weighted by atomic mass is 32.2. The molecule has 1 amide bonds. The van der Waals surface area contributed by atoms with Gasteiger partial charge in [-0.2, -0.15) is 4.31 Å². The van der Waals surface area contributed by atoms with Crippen LogP contribution in [0.2, 0.25) is 0 Å². The van der Waals surface area contributed by atoms with Crippen molar-refractivity contribution in [2.24, 2.45) is 0 Å². The molecule has 0 aromatic heterocycles. The molecule has 0 N–H and O–H groups in total. The SMILES string of the molecule is COc1ccc(S(=O)(=O)N2CCN(C(=O)OC(C)(C)C)CC2)cc1F. The van der Waals surface area contributed by atoms with Crippen LogP contribution in [0.4, 0.5) is 9.18 Å². The highest BCUT2D eigenvalue weighted by Gasteiger charge is 2.32. The van der Waals surface area contributed by atoms with Crippen LogP contribution in [0.15, 0.2) is 23.1 Å². The highest BCUT2D eigenvalue weighted by molar-refractivity contribution is 7.89. The van der Waals surface area contributed by atoms with Crippen molar-refractivity contribution in [2.45, 2.75) is 31.3 Å². The second kappa shape index (κ2) is 7.17. The summed E-state index contributed by atoms with van der Waals surface area (Å²) in [6, 6.07) is 3.52. The van der Waals surface area contributed by atoms with Gasteiger partial charge in [0.05, 0.1) is 12.0 Å². The standard InChI is InChI=1S/C16H23FN2O5S/c1-16(2,3)24-15(20)18-7-9-19(10-8-18)25(21,22)12-5-6-14(23-4)13(17)11-12/h5-6,11H,7-10H2,1-4H3. The third-order valence-corrected chi connectivity index (χ3v) is 5.55. The number of carbonyl (C=O) groups excluding carboxylic acids is 1. The van der Waals surface area contributed by atoms with E-state index in [4.69, 9.17) is 9.47 Å². The first-order valence-corrected chi connectivity index (χ1v) is 9.30. The third-order valence-electron chi connectivity index (χ3n) is 3.65. The fourth-order valence-corrected chi connectivity index (χ4v) is 3.83. The minimum atomic E-state index is -3.83. The molecule has 1 heterocycles. The lowest BCUT2D eigenvalue weighted by atomic mass is 10.2. The Morgan fingerprint density at radius 3 is 2.24 bits per heavy atom. The molecule has 0 atom stereocenters. The van der Waals surface area contributed by atoms with E-state index in [-0.39, 0.29) is 36.8 Å². The Bertz CT molecular complexity index is 737. The summed E-state index contributed by atoms with van der Waals surface area (Å²) in [6.45, 7) is 5.97. The minimum absolute atomic E-state index is 0.0197. The smallest absolute Gasteiger partial charge is 0.410 e. The predicted octanol–water partition coefficient (Wildman–Crippen LogP) is 2.08. The summed E-state index contributed by atoms with van der Waals surface area (Å²) in [5, 5.41) is 0. The maximum Gasteiger partial charge on any atom is 0.410 e. The van der Waals surface area contributed by atoms with E-state index in [0.29, 0.717) is 0 Å². The Hall–Kier alpha value is -1.87. The molecule has 0 bridgehead atoms. The zero-order valence-electron chi connectivity index (χ0n) is 14.8. The summed E-state index contributed by atoms with van der Waals surface area (Å²) in [6.07, 6.45) is -0.472. The Kier molecular flexibility index (Phi) is 5.58. The van der Waals surface area contributed by atoms with Gasteiger partial charge in [-0.25, -0.2) is 17.6 Å². The number of amides is 1. The number of ether oxygens (including phenoxy) is 2.